The lowest BCUT2D eigenvalue weighted by molar-refractivity contribution is 0.102. The summed E-state index contributed by atoms with van der Waals surface area (Å²) in [7, 11) is 2.15. The molecule has 0 radical (unpaired) electrons. The number of hydrogen-bond acceptors (Lipinski definition) is 7. The quantitative estimate of drug-likeness (QED) is 0.363. The lowest BCUT2D eigenvalue weighted by Gasteiger charge is -2.32. The monoisotopic (exact) mass is 538 g/mol. The summed E-state index contributed by atoms with van der Waals surface area (Å²) in [6.45, 7) is 10.5. The topological polar surface area (TPSA) is 93.3 Å². The van der Waals surface area contributed by atoms with E-state index in [1.807, 2.05) is 36.7 Å². The Bertz CT molecular complexity index is 1470. The van der Waals surface area contributed by atoms with Crippen molar-refractivity contribution in [2.45, 2.75) is 32.9 Å². The second-order valence-corrected chi connectivity index (χ2v) is 11.4. The van der Waals surface area contributed by atoms with Gasteiger partial charge in [-0.1, -0.05) is 13.0 Å². The van der Waals surface area contributed by atoms with Gasteiger partial charge < -0.3 is 10.2 Å². The first-order valence-corrected chi connectivity index (χ1v) is 14.3. The molecule has 40 heavy (non-hydrogen) atoms. The van der Waals surface area contributed by atoms with Crippen LogP contribution in [0.1, 0.15) is 41.5 Å². The number of piperazine rings is 1. The predicted molar refractivity (Wildman–Crippen MR) is 158 cm³/mol. The van der Waals surface area contributed by atoms with Gasteiger partial charge in [-0.15, -0.1) is 0 Å². The molecule has 0 spiro atoms. The van der Waals surface area contributed by atoms with E-state index < -0.39 is 0 Å². The predicted octanol–water partition coefficient (Wildman–Crippen LogP) is 4.25. The van der Waals surface area contributed by atoms with Crippen LogP contribution in [0.25, 0.3) is 22.0 Å². The van der Waals surface area contributed by atoms with E-state index in [1.54, 1.807) is 6.20 Å². The maximum Gasteiger partial charge on any atom is 0.276 e. The van der Waals surface area contributed by atoms with Crippen LogP contribution in [0.3, 0.4) is 0 Å². The largest absolute Gasteiger partial charge is 0.320 e. The van der Waals surface area contributed by atoms with Crippen LogP contribution in [0, 0.1) is 5.92 Å². The molecule has 208 valence electrons. The molecule has 1 amide bonds. The Morgan fingerprint density at radius 2 is 1.75 bits per heavy atom. The van der Waals surface area contributed by atoms with Crippen LogP contribution in [-0.2, 0) is 13.1 Å². The van der Waals surface area contributed by atoms with Gasteiger partial charge in [-0.2, -0.15) is 5.10 Å². The Morgan fingerprint density at radius 1 is 0.950 bits per heavy atom. The summed E-state index contributed by atoms with van der Waals surface area (Å²) in [4.78, 5) is 29.6. The number of aromatic nitrogens is 4. The molecular weight excluding hydrogens is 500 g/mol. The van der Waals surface area contributed by atoms with E-state index in [0.29, 0.717) is 5.69 Å². The molecule has 2 N–H and O–H groups in total. The molecule has 4 aromatic rings. The molecule has 0 unspecified atom stereocenters. The Labute approximate surface area is 235 Å². The number of piperidine rings is 1. The molecule has 1 aromatic carbocycles. The van der Waals surface area contributed by atoms with Crippen molar-refractivity contribution in [2.75, 3.05) is 51.6 Å². The van der Waals surface area contributed by atoms with Gasteiger partial charge in [-0.25, -0.2) is 0 Å². The molecule has 0 atom stereocenters. The number of carbonyl (C=O) groups excluding carboxylic acids is 1. The molecule has 0 saturated carbocycles. The minimum atomic E-state index is -0.244. The molecule has 6 rings (SSSR count). The average molecular weight is 539 g/mol. The van der Waals surface area contributed by atoms with Crippen LogP contribution in [-0.4, -0.2) is 87.1 Å². The van der Waals surface area contributed by atoms with Gasteiger partial charge in [0.2, 0.25) is 0 Å². The van der Waals surface area contributed by atoms with Crippen molar-refractivity contribution in [1.29, 1.82) is 0 Å². The molecule has 0 bridgehead atoms. The molecule has 5 heterocycles. The van der Waals surface area contributed by atoms with Gasteiger partial charge in [0.25, 0.3) is 5.91 Å². The summed E-state index contributed by atoms with van der Waals surface area (Å²) in [6, 6.07) is 12.1. The molecule has 9 heteroatoms. The van der Waals surface area contributed by atoms with Crippen molar-refractivity contribution < 1.29 is 4.79 Å². The highest BCUT2D eigenvalue weighted by Crippen LogP contribution is 2.27. The van der Waals surface area contributed by atoms with E-state index in [9.17, 15) is 4.79 Å². The Morgan fingerprint density at radius 3 is 2.58 bits per heavy atom. The summed E-state index contributed by atoms with van der Waals surface area (Å²) >= 11 is 0. The third kappa shape index (κ3) is 6.22. The summed E-state index contributed by atoms with van der Waals surface area (Å²) in [5, 5.41) is 11.2. The number of fused-ring (bicyclic) bond motifs is 1. The van der Waals surface area contributed by atoms with Crippen molar-refractivity contribution >= 4 is 22.5 Å². The Balaban J connectivity index is 1.16. The van der Waals surface area contributed by atoms with Crippen molar-refractivity contribution in [1.82, 2.24) is 34.9 Å². The number of nitrogens with one attached hydrogen (secondary N) is 2. The number of amides is 1. The van der Waals surface area contributed by atoms with Crippen LogP contribution in [0.5, 0.6) is 0 Å². The molecular formula is C31H38N8O. The molecule has 2 aliphatic rings. The van der Waals surface area contributed by atoms with Crippen LogP contribution in [0.2, 0.25) is 0 Å². The molecule has 2 saturated heterocycles. The highest BCUT2D eigenvalue weighted by Gasteiger charge is 2.19. The SMILES string of the molecule is CC1CCN(Cc2cncc(-c3ccc4[nH]nc(C(=O)Nc5ccnc(CN6CCN(C)CC6)c5)c4c3)c2)CC1. The number of nitrogens with zero attached hydrogens (tertiary/aromatic N) is 6. The summed E-state index contributed by atoms with van der Waals surface area (Å²) < 4.78 is 0. The normalized spacial score (nSPS) is 17.9. The van der Waals surface area contributed by atoms with Crippen molar-refractivity contribution in [2.24, 2.45) is 5.92 Å². The number of likely N-dealkylation sites (tertiary alicyclic amines) is 1. The standard InChI is InChI=1S/C31H38N8O/c1-22-6-9-38(10-7-22)20-23-15-25(19-32-18-23)24-3-4-29-28(16-24)30(36-35-29)31(40)34-26-5-8-33-27(17-26)21-39-13-11-37(2)12-14-39/h3-5,8,15-19,22H,6-7,9-14,20-21H2,1-2H3,(H,35,36)(H,33,34,40). The van der Waals surface area contributed by atoms with Crippen molar-refractivity contribution in [3.05, 3.63) is 71.9 Å². The number of rotatable bonds is 7. The van der Waals surface area contributed by atoms with Gasteiger partial charge in [0.05, 0.1) is 11.2 Å². The van der Waals surface area contributed by atoms with Gasteiger partial charge in [0.15, 0.2) is 5.69 Å². The highest BCUT2D eigenvalue weighted by molar-refractivity contribution is 6.11. The van der Waals surface area contributed by atoms with E-state index in [4.69, 9.17) is 0 Å². The number of benzene rings is 1. The number of likely N-dealkylation sites (N-methyl/N-ethyl adjacent to an activating group) is 1. The lowest BCUT2D eigenvalue weighted by atomic mass is 9.98. The van der Waals surface area contributed by atoms with E-state index >= 15 is 0 Å². The molecule has 2 fully saturated rings. The third-order valence-electron chi connectivity index (χ3n) is 8.24. The zero-order valence-electron chi connectivity index (χ0n) is 23.4. The Kier molecular flexibility index (Phi) is 7.86. The van der Waals surface area contributed by atoms with Gasteiger partial charge in [-0.05, 0) is 80.4 Å². The second kappa shape index (κ2) is 11.8. The molecule has 9 nitrogen and oxygen atoms in total. The fourth-order valence-corrected chi connectivity index (χ4v) is 5.64. The summed E-state index contributed by atoms with van der Waals surface area (Å²) in [5.41, 5.74) is 6.14. The highest BCUT2D eigenvalue weighted by atomic mass is 16.1. The minimum Gasteiger partial charge on any atom is -0.320 e. The number of hydrogen-bond donors (Lipinski definition) is 2. The van der Waals surface area contributed by atoms with E-state index in [1.165, 1.54) is 18.4 Å². The summed E-state index contributed by atoms with van der Waals surface area (Å²) in [5.74, 6) is 0.572. The third-order valence-corrected chi connectivity index (χ3v) is 8.24. The first kappa shape index (κ1) is 26.6. The minimum absolute atomic E-state index is 0.244. The van der Waals surface area contributed by atoms with E-state index in [2.05, 4.69) is 66.3 Å². The molecule has 3 aromatic heterocycles. The first-order chi connectivity index (χ1) is 19.5. The smallest absolute Gasteiger partial charge is 0.276 e. The number of H-pyrrole nitrogens is 1. The Hall–Kier alpha value is -3.66. The maximum atomic E-state index is 13.3. The number of carbonyl (C=O) groups is 1. The molecule has 2 aliphatic heterocycles. The first-order valence-electron chi connectivity index (χ1n) is 14.3. The van der Waals surface area contributed by atoms with Crippen LogP contribution in [0.4, 0.5) is 5.69 Å². The van der Waals surface area contributed by atoms with Crippen LogP contribution >= 0.6 is 0 Å². The van der Waals surface area contributed by atoms with Crippen molar-refractivity contribution in [3.63, 3.8) is 0 Å². The van der Waals surface area contributed by atoms with Crippen molar-refractivity contribution in [3.8, 4) is 11.1 Å². The second-order valence-electron chi connectivity index (χ2n) is 11.4. The molecule has 0 aliphatic carbocycles. The van der Waals surface area contributed by atoms with E-state index in [0.717, 1.165) is 91.7 Å². The van der Waals surface area contributed by atoms with Crippen LogP contribution in [0.15, 0.2) is 55.0 Å². The van der Waals surface area contributed by atoms with Crippen LogP contribution < -0.4 is 5.32 Å². The number of aromatic amines is 1. The summed E-state index contributed by atoms with van der Waals surface area (Å²) in [6.07, 6.45) is 8.12. The van der Waals surface area contributed by atoms with E-state index in [-0.39, 0.29) is 5.91 Å². The zero-order valence-corrected chi connectivity index (χ0v) is 23.4. The van der Waals surface area contributed by atoms with Gasteiger partial charge in [0.1, 0.15) is 0 Å². The number of anilines is 1. The van der Waals surface area contributed by atoms with Gasteiger partial charge in [0, 0.05) is 74.5 Å². The fourth-order valence-electron chi connectivity index (χ4n) is 5.64. The van der Waals surface area contributed by atoms with Gasteiger partial charge >= 0.3 is 0 Å². The maximum absolute atomic E-state index is 13.3. The number of pyridine rings is 2. The average Bonchev–Trinajstić information content (AvgIpc) is 3.40. The van der Waals surface area contributed by atoms with Gasteiger partial charge in [-0.3, -0.25) is 29.7 Å². The fraction of sp³-hybridized carbons (Fsp3) is 0.419. The zero-order chi connectivity index (χ0) is 27.5. The lowest BCUT2D eigenvalue weighted by Crippen LogP contribution is -2.44.